The number of ether oxygens (including phenoxy) is 1. The Hall–Kier alpha value is -2.82. The number of carbonyl (C=O) groups is 1. The first-order valence-corrected chi connectivity index (χ1v) is 8.81. The van der Waals surface area contributed by atoms with Crippen molar-refractivity contribution in [2.24, 2.45) is 0 Å². The van der Waals surface area contributed by atoms with Gasteiger partial charge in [0.25, 0.3) is 5.91 Å². The van der Waals surface area contributed by atoms with Gasteiger partial charge >= 0.3 is 0 Å². The van der Waals surface area contributed by atoms with E-state index < -0.39 is 0 Å². The molecule has 0 radical (unpaired) electrons. The van der Waals surface area contributed by atoms with E-state index in [1.54, 1.807) is 18.3 Å². The fourth-order valence-corrected chi connectivity index (χ4v) is 2.67. The summed E-state index contributed by atoms with van der Waals surface area (Å²) < 4.78 is 11.7. The van der Waals surface area contributed by atoms with Gasteiger partial charge in [-0.15, -0.1) is 0 Å². The zero-order valence-electron chi connectivity index (χ0n) is 15.8. The van der Waals surface area contributed by atoms with Crippen LogP contribution in [0.4, 0.5) is 5.82 Å². The number of benzene rings is 1. The zero-order valence-corrected chi connectivity index (χ0v) is 15.8. The van der Waals surface area contributed by atoms with Gasteiger partial charge in [-0.1, -0.05) is 19.9 Å². The standard InChI is InChI=1S/C21H24N2O3/c1-12(2)18-10-16-17(8-15(25-13(3)4)9-19(16)26-18)21(24)23-20-7-6-14(5)11-22-20/h6-13H,1-5H3,(H,22,23,24). The molecule has 3 aromatic rings. The van der Waals surface area contributed by atoms with E-state index in [1.807, 2.05) is 39.0 Å². The minimum Gasteiger partial charge on any atom is -0.491 e. The van der Waals surface area contributed by atoms with E-state index >= 15 is 0 Å². The molecule has 5 heteroatoms. The Bertz CT molecular complexity index is 924. The summed E-state index contributed by atoms with van der Waals surface area (Å²) in [6.07, 6.45) is 1.72. The molecule has 0 fully saturated rings. The predicted octanol–water partition coefficient (Wildman–Crippen LogP) is 5.30. The van der Waals surface area contributed by atoms with E-state index in [0.717, 1.165) is 16.7 Å². The van der Waals surface area contributed by atoms with E-state index in [1.165, 1.54) is 0 Å². The highest BCUT2D eigenvalue weighted by molar-refractivity contribution is 6.12. The smallest absolute Gasteiger partial charge is 0.257 e. The van der Waals surface area contributed by atoms with Gasteiger partial charge < -0.3 is 14.5 Å². The van der Waals surface area contributed by atoms with Crippen LogP contribution in [0.25, 0.3) is 11.0 Å². The lowest BCUT2D eigenvalue weighted by Gasteiger charge is -2.12. The molecule has 1 amide bonds. The molecule has 0 aliphatic carbocycles. The Balaban J connectivity index is 2.03. The summed E-state index contributed by atoms with van der Waals surface area (Å²) in [5, 5.41) is 3.62. The molecule has 0 unspecified atom stereocenters. The summed E-state index contributed by atoms with van der Waals surface area (Å²) in [6, 6.07) is 9.21. The zero-order chi connectivity index (χ0) is 18.8. The molecule has 136 valence electrons. The maximum absolute atomic E-state index is 12.9. The number of hydrogen-bond acceptors (Lipinski definition) is 4. The Kier molecular flexibility index (Phi) is 4.98. The third-order valence-electron chi connectivity index (χ3n) is 3.97. The molecular weight excluding hydrogens is 328 g/mol. The second-order valence-electron chi connectivity index (χ2n) is 7.03. The van der Waals surface area contributed by atoms with Crippen molar-refractivity contribution in [3.8, 4) is 5.75 Å². The van der Waals surface area contributed by atoms with Crippen LogP contribution in [-0.4, -0.2) is 17.0 Å². The molecule has 0 saturated heterocycles. The van der Waals surface area contributed by atoms with Crippen LogP contribution >= 0.6 is 0 Å². The fourth-order valence-electron chi connectivity index (χ4n) is 2.67. The summed E-state index contributed by atoms with van der Waals surface area (Å²) in [5.41, 5.74) is 2.19. The normalized spacial score (nSPS) is 11.3. The number of nitrogens with one attached hydrogen (secondary N) is 1. The molecule has 0 aliphatic rings. The van der Waals surface area contributed by atoms with E-state index in [0.29, 0.717) is 22.7 Å². The first-order chi connectivity index (χ1) is 12.3. The number of pyridine rings is 1. The largest absolute Gasteiger partial charge is 0.491 e. The highest BCUT2D eigenvalue weighted by atomic mass is 16.5. The number of furan rings is 1. The maximum atomic E-state index is 12.9. The van der Waals surface area contributed by atoms with Crippen molar-refractivity contribution in [2.45, 2.75) is 46.6 Å². The average Bonchev–Trinajstić information content (AvgIpc) is 3.00. The Morgan fingerprint density at radius 3 is 2.54 bits per heavy atom. The number of anilines is 1. The quantitative estimate of drug-likeness (QED) is 0.677. The summed E-state index contributed by atoms with van der Waals surface area (Å²) >= 11 is 0. The summed E-state index contributed by atoms with van der Waals surface area (Å²) in [4.78, 5) is 17.1. The van der Waals surface area contributed by atoms with Gasteiger partial charge in [-0.2, -0.15) is 0 Å². The van der Waals surface area contributed by atoms with Crippen LogP contribution in [0.3, 0.4) is 0 Å². The van der Waals surface area contributed by atoms with Gasteiger partial charge in [0.15, 0.2) is 0 Å². The van der Waals surface area contributed by atoms with Gasteiger partial charge in [-0.25, -0.2) is 4.98 Å². The van der Waals surface area contributed by atoms with Gasteiger partial charge in [-0.3, -0.25) is 4.79 Å². The molecule has 0 atom stereocenters. The molecule has 0 bridgehead atoms. The maximum Gasteiger partial charge on any atom is 0.257 e. The first-order valence-electron chi connectivity index (χ1n) is 8.81. The molecule has 2 heterocycles. The Morgan fingerprint density at radius 1 is 1.15 bits per heavy atom. The van der Waals surface area contributed by atoms with E-state index in [2.05, 4.69) is 24.1 Å². The van der Waals surface area contributed by atoms with Gasteiger partial charge in [0.1, 0.15) is 22.9 Å². The topological polar surface area (TPSA) is 64.4 Å². The Labute approximate surface area is 153 Å². The number of carbonyl (C=O) groups excluding carboxylic acids is 1. The lowest BCUT2D eigenvalue weighted by Crippen LogP contribution is -2.14. The van der Waals surface area contributed by atoms with Crippen molar-refractivity contribution < 1.29 is 13.9 Å². The number of aromatic nitrogens is 1. The molecule has 0 saturated carbocycles. The first kappa shape index (κ1) is 18.0. The molecule has 3 rings (SSSR count). The average molecular weight is 352 g/mol. The van der Waals surface area contributed by atoms with Crippen LogP contribution in [0.15, 0.2) is 40.9 Å². The van der Waals surface area contributed by atoms with Gasteiger partial charge in [0.05, 0.1) is 11.7 Å². The SMILES string of the molecule is Cc1ccc(NC(=O)c2cc(OC(C)C)cc3oc(C(C)C)cc23)nc1. The number of rotatable bonds is 5. The van der Waals surface area contributed by atoms with E-state index in [4.69, 9.17) is 9.15 Å². The van der Waals surface area contributed by atoms with Crippen molar-refractivity contribution in [1.29, 1.82) is 0 Å². The molecule has 5 nitrogen and oxygen atoms in total. The van der Waals surface area contributed by atoms with Crippen LogP contribution in [0.1, 0.15) is 55.3 Å². The third kappa shape index (κ3) is 3.87. The molecular formula is C21H24N2O3. The number of aryl methyl sites for hydroxylation is 1. The molecule has 0 aliphatic heterocycles. The number of fused-ring (bicyclic) bond motifs is 1. The highest BCUT2D eigenvalue weighted by Gasteiger charge is 2.18. The van der Waals surface area contributed by atoms with Gasteiger partial charge in [-0.05, 0) is 44.5 Å². The van der Waals surface area contributed by atoms with Gasteiger partial charge in [0.2, 0.25) is 0 Å². The predicted molar refractivity (Wildman–Crippen MR) is 103 cm³/mol. The monoisotopic (exact) mass is 352 g/mol. The Morgan fingerprint density at radius 2 is 1.92 bits per heavy atom. The molecule has 26 heavy (non-hydrogen) atoms. The molecule has 1 N–H and O–H groups in total. The number of amides is 1. The summed E-state index contributed by atoms with van der Waals surface area (Å²) in [7, 11) is 0. The van der Waals surface area contributed by atoms with Crippen LogP contribution in [0.2, 0.25) is 0 Å². The van der Waals surface area contributed by atoms with Crippen LogP contribution in [0.5, 0.6) is 5.75 Å². The third-order valence-corrected chi connectivity index (χ3v) is 3.97. The molecule has 2 aromatic heterocycles. The second-order valence-corrected chi connectivity index (χ2v) is 7.03. The van der Waals surface area contributed by atoms with Crippen molar-refractivity contribution in [1.82, 2.24) is 4.98 Å². The molecule has 0 spiro atoms. The van der Waals surface area contributed by atoms with E-state index in [9.17, 15) is 4.79 Å². The highest BCUT2D eigenvalue weighted by Crippen LogP contribution is 2.32. The van der Waals surface area contributed by atoms with E-state index in [-0.39, 0.29) is 17.9 Å². The van der Waals surface area contributed by atoms with Crippen LogP contribution < -0.4 is 10.1 Å². The van der Waals surface area contributed by atoms with Crippen molar-refractivity contribution in [3.05, 3.63) is 53.4 Å². The second kappa shape index (κ2) is 7.20. The van der Waals surface area contributed by atoms with Gasteiger partial charge in [0, 0.05) is 23.6 Å². The lowest BCUT2D eigenvalue weighted by atomic mass is 10.1. The fraction of sp³-hybridized carbons (Fsp3) is 0.333. The lowest BCUT2D eigenvalue weighted by molar-refractivity contribution is 0.102. The molecule has 1 aromatic carbocycles. The summed E-state index contributed by atoms with van der Waals surface area (Å²) in [6.45, 7) is 9.95. The minimum atomic E-state index is -0.239. The van der Waals surface area contributed by atoms with Crippen molar-refractivity contribution in [3.63, 3.8) is 0 Å². The van der Waals surface area contributed by atoms with Crippen molar-refractivity contribution >= 4 is 22.7 Å². The minimum absolute atomic E-state index is 0.00154. The number of nitrogens with zero attached hydrogens (tertiary/aromatic N) is 1. The number of hydrogen-bond donors (Lipinski definition) is 1. The van der Waals surface area contributed by atoms with Crippen LogP contribution in [0, 0.1) is 6.92 Å². The van der Waals surface area contributed by atoms with Crippen molar-refractivity contribution in [2.75, 3.05) is 5.32 Å². The summed E-state index contributed by atoms with van der Waals surface area (Å²) in [5.74, 6) is 1.95. The van der Waals surface area contributed by atoms with Crippen LogP contribution in [-0.2, 0) is 0 Å².